The predicted molar refractivity (Wildman–Crippen MR) is 127 cm³/mol. The van der Waals surface area contributed by atoms with Crippen LogP contribution in [0, 0.1) is 0 Å². The first-order valence-corrected chi connectivity index (χ1v) is 10.6. The van der Waals surface area contributed by atoms with E-state index in [0.717, 1.165) is 39.0 Å². The SMILES string of the molecule is Clc1ccc(/C=C(/c2ccc(OCc3ccc4ccccc4n3)cc2)c2cnco2)cc1. The van der Waals surface area contributed by atoms with Gasteiger partial charge in [0.1, 0.15) is 12.4 Å². The summed E-state index contributed by atoms with van der Waals surface area (Å²) >= 11 is 6.02. The molecule has 2 heterocycles. The molecular formula is C27H19ClN2O2. The Labute approximate surface area is 190 Å². The quantitative estimate of drug-likeness (QED) is 0.267. The van der Waals surface area contributed by atoms with Crippen LogP contribution < -0.4 is 4.74 Å². The Balaban J connectivity index is 1.36. The molecule has 156 valence electrons. The molecule has 2 aromatic heterocycles. The van der Waals surface area contributed by atoms with Crippen molar-refractivity contribution in [3.63, 3.8) is 0 Å². The van der Waals surface area contributed by atoms with Crippen LogP contribution in [0.4, 0.5) is 0 Å². The number of hydrogen-bond donors (Lipinski definition) is 0. The lowest BCUT2D eigenvalue weighted by atomic mass is 10.0. The number of ether oxygens (including phenoxy) is 1. The van der Waals surface area contributed by atoms with Crippen molar-refractivity contribution in [3.05, 3.63) is 125 Å². The summed E-state index contributed by atoms with van der Waals surface area (Å²) in [5, 5.41) is 1.82. The van der Waals surface area contributed by atoms with Crippen LogP contribution in [0.2, 0.25) is 5.02 Å². The second-order valence-corrected chi connectivity index (χ2v) is 7.72. The highest BCUT2D eigenvalue weighted by atomic mass is 35.5. The summed E-state index contributed by atoms with van der Waals surface area (Å²) in [6.07, 6.45) is 5.18. The second-order valence-electron chi connectivity index (χ2n) is 7.28. The topological polar surface area (TPSA) is 48.2 Å². The molecule has 0 N–H and O–H groups in total. The maximum absolute atomic E-state index is 6.02. The van der Waals surface area contributed by atoms with Crippen LogP contribution in [0.3, 0.4) is 0 Å². The highest BCUT2D eigenvalue weighted by Gasteiger charge is 2.10. The predicted octanol–water partition coefficient (Wildman–Crippen LogP) is 7.04. The molecule has 0 amide bonds. The molecule has 0 spiro atoms. The number of halogens is 1. The minimum atomic E-state index is 0.403. The molecule has 0 aliphatic rings. The smallest absolute Gasteiger partial charge is 0.181 e. The molecule has 0 saturated carbocycles. The van der Waals surface area contributed by atoms with Crippen LogP contribution in [0.15, 0.2) is 102 Å². The average molecular weight is 439 g/mol. The molecule has 0 atom stereocenters. The van der Waals surface area contributed by atoms with Gasteiger partial charge in [-0.05, 0) is 53.6 Å². The third-order valence-corrected chi connectivity index (χ3v) is 5.34. The van der Waals surface area contributed by atoms with Crippen molar-refractivity contribution < 1.29 is 9.15 Å². The Morgan fingerprint density at radius 3 is 2.50 bits per heavy atom. The molecule has 0 fully saturated rings. The maximum atomic E-state index is 6.02. The zero-order chi connectivity index (χ0) is 21.8. The molecule has 0 aliphatic heterocycles. The zero-order valence-electron chi connectivity index (χ0n) is 17.1. The van der Waals surface area contributed by atoms with Crippen molar-refractivity contribution in [3.8, 4) is 5.75 Å². The third-order valence-electron chi connectivity index (χ3n) is 5.09. The van der Waals surface area contributed by atoms with Gasteiger partial charge in [-0.3, -0.25) is 0 Å². The van der Waals surface area contributed by atoms with Gasteiger partial charge in [0.25, 0.3) is 0 Å². The van der Waals surface area contributed by atoms with E-state index in [1.165, 1.54) is 6.39 Å². The molecule has 5 aromatic rings. The minimum absolute atomic E-state index is 0.403. The van der Waals surface area contributed by atoms with Gasteiger partial charge in [0, 0.05) is 16.0 Å². The summed E-state index contributed by atoms with van der Waals surface area (Å²) in [7, 11) is 0. The Morgan fingerprint density at radius 2 is 1.72 bits per heavy atom. The second kappa shape index (κ2) is 9.08. The van der Waals surface area contributed by atoms with Gasteiger partial charge in [-0.2, -0.15) is 0 Å². The van der Waals surface area contributed by atoms with Crippen LogP contribution >= 0.6 is 11.6 Å². The Hall–Kier alpha value is -3.89. The normalized spacial score (nSPS) is 11.6. The first kappa shape index (κ1) is 20.0. The van der Waals surface area contributed by atoms with Crippen LogP contribution in [-0.4, -0.2) is 9.97 Å². The Morgan fingerprint density at radius 1 is 0.906 bits per heavy atom. The molecule has 3 aromatic carbocycles. The van der Waals surface area contributed by atoms with Crippen molar-refractivity contribution in [2.24, 2.45) is 0 Å². The number of aromatic nitrogens is 2. The lowest BCUT2D eigenvalue weighted by molar-refractivity contribution is 0.302. The van der Waals surface area contributed by atoms with Crippen molar-refractivity contribution in [2.45, 2.75) is 6.61 Å². The van der Waals surface area contributed by atoms with Gasteiger partial charge in [-0.15, -0.1) is 0 Å². The summed E-state index contributed by atoms with van der Waals surface area (Å²) in [6, 6.07) is 27.7. The van der Waals surface area contributed by atoms with Gasteiger partial charge >= 0.3 is 0 Å². The molecule has 5 rings (SSSR count). The number of rotatable bonds is 6. The van der Waals surface area contributed by atoms with E-state index in [1.807, 2.05) is 78.9 Å². The van der Waals surface area contributed by atoms with E-state index in [-0.39, 0.29) is 0 Å². The van der Waals surface area contributed by atoms with E-state index in [1.54, 1.807) is 6.20 Å². The summed E-state index contributed by atoms with van der Waals surface area (Å²) in [6.45, 7) is 0.403. The molecule has 0 radical (unpaired) electrons. The van der Waals surface area contributed by atoms with Crippen molar-refractivity contribution in [1.82, 2.24) is 9.97 Å². The van der Waals surface area contributed by atoms with Crippen LogP contribution in [0.25, 0.3) is 22.6 Å². The van der Waals surface area contributed by atoms with Crippen LogP contribution in [0.5, 0.6) is 5.75 Å². The van der Waals surface area contributed by atoms with Gasteiger partial charge in [0.15, 0.2) is 12.2 Å². The van der Waals surface area contributed by atoms with Crippen molar-refractivity contribution in [1.29, 1.82) is 0 Å². The van der Waals surface area contributed by atoms with E-state index in [2.05, 4.69) is 22.1 Å². The third kappa shape index (κ3) is 4.56. The minimum Gasteiger partial charge on any atom is -0.487 e. The van der Waals surface area contributed by atoms with E-state index in [0.29, 0.717) is 17.4 Å². The fourth-order valence-corrected chi connectivity index (χ4v) is 3.57. The molecule has 32 heavy (non-hydrogen) atoms. The fraction of sp³-hybridized carbons (Fsp3) is 0.0370. The average Bonchev–Trinajstić information content (AvgIpc) is 3.37. The molecular weight excluding hydrogens is 420 g/mol. The van der Waals surface area contributed by atoms with Crippen LogP contribution in [0.1, 0.15) is 22.6 Å². The number of oxazole rings is 1. The van der Waals surface area contributed by atoms with Gasteiger partial charge in [-0.25, -0.2) is 9.97 Å². The summed E-state index contributed by atoms with van der Waals surface area (Å²) in [5.41, 5.74) is 4.79. The number of benzene rings is 3. The molecule has 5 heteroatoms. The zero-order valence-corrected chi connectivity index (χ0v) is 17.9. The maximum Gasteiger partial charge on any atom is 0.181 e. The molecule has 0 bridgehead atoms. The van der Waals surface area contributed by atoms with Gasteiger partial charge in [0.05, 0.1) is 17.4 Å². The summed E-state index contributed by atoms with van der Waals surface area (Å²) < 4.78 is 11.5. The lowest BCUT2D eigenvalue weighted by Crippen LogP contribution is -1.98. The summed E-state index contributed by atoms with van der Waals surface area (Å²) in [4.78, 5) is 8.73. The Bertz CT molecular complexity index is 1360. The number of fused-ring (bicyclic) bond motifs is 1. The highest BCUT2D eigenvalue weighted by Crippen LogP contribution is 2.28. The fourth-order valence-electron chi connectivity index (χ4n) is 3.45. The van der Waals surface area contributed by atoms with Crippen molar-refractivity contribution in [2.75, 3.05) is 0 Å². The lowest BCUT2D eigenvalue weighted by Gasteiger charge is -2.09. The first-order valence-electron chi connectivity index (χ1n) is 10.2. The van der Waals surface area contributed by atoms with E-state index >= 15 is 0 Å². The highest BCUT2D eigenvalue weighted by molar-refractivity contribution is 6.30. The van der Waals surface area contributed by atoms with E-state index in [4.69, 9.17) is 20.8 Å². The van der Waals surface area contributed by atoms with Crippen molar-refractivity contribution >= 4 is 34.2 Å². The van der Waals surface area contributed by atoms with E-state index in [9.17, 15) is 0 Å². The molecule has 4 nitrogen and oxygen atoms in total. The van der Waals surface area contributed by atoms with E-state index < -0.39 is 0 Å². The number of hydrogen-bond acceptors (Lipinski definition) is 4. The molecule has 0 aliphatic carbocycles. The van der Waals surface area contributed by atoms with Gasteiger partial charge in [0.2, 0.25) is 0 Å². The number of pyridine rings is 1. The summed E-state index contributed by atoms with van der Waals surface area (Å²) in [5.74, 6) is 1.46. The van der Waals surface area contributed by atoms with Crippen LogP contribution in [-0.2, 0) is 6.61 Å². The number of para-hydroxylation sites is 1. The Kier molecular flexibility index (Phi) is 5.69. The van der Waals surface area contributed by atoms with Gasteiger partial charge in [-0.1, -0.05) is 60.1 Å². The molecule has 0 saturated heterocycles. The number of nitrogens with zero attached hydrogens (tertiary/aromatic N) is 2. The standard InChI is InChI=1S/C27H19ClN2O2/c28-22-10-5-19(6-11-22)15-25(27-16-29-18-32-27)20-8-13-24(14-9-20)31-17-23-12-7-21-3-1-2-4-26(21)30-23/h1-16,18H,17H2/b25-15-. The largest absolute Gasteiger partial charge is 0.487 e. The van der Waals surface area contributed by atoms with Gasteiger partial charge < -0.3 is 9.15 Å². The monoisotopic (exact) mass is 438 g/mol. The molecule has 0 unspecified atom stereocenters. The first-order chi connectivity index (χ1) is 15.7.